The fourth-order valence-electron chi connectivity index (χ4n) is 3.06. The molecule has 0 saturated carbocycles. The number of esters is 1. The van der Waals surface area contributed by atoms with Crippen LogP contribution in [0.1, 0.15) is 16.1 Å². The molecule has 0 atom stereocenters. The van der Waals surface area contributed by atoms with E-state index >= 15 is 0 Å². The molecule has 29 heavy (non-hydrogen) atoms. The molecule has 0 radical (unpaired) electrons. The van der Waals surface area contributed by atoms with Crippen LogP contribution >= 0.6 is 0 Å². The number of para-hydroxylation sites is 1. The number of hydrogen-bond donors (Lipinski definition) is 1. The molecule has 4 rings (SSSR count). The first-order chi connectivity index (χ1) is 14.1. The molecule has 1 N–H and O–H groups in total. The van der Waals surface area contributed by atoms with E-state index in [4.69, 9.17) is 4.74 Å². The van der Waals surface area contributed by atoms with Crippen molar-refractivity contribution >= 4 is 28.5 Å². The summed E-state index contributed by atoms with van der Waals surface area (Å²) in [7, 11) is 0. The molecule has 1 heterocycles. The minimum atomic E-state index is -0.543. The average molecular weight is 385 g/mol. The van der Waals surface area contributed by atoms with Crippen molar-refractivity contribution in [2.45, 2.75) is 6.92 Å². The third kappa shape index (κ3) is 4.16. The van der Waals surface area contributed by atoms with Crippen LogP contribution in [0.4, 0.5) is 5.82 Å². The van der Waals surface area contributed by atoms with Crippen molar-refractivity contribution in [3.63, 3.8) is 0 Å². The lowest BCUT2D eigenvalue weighted by molar-refractivity contribution is -0.119. The smallest absolute Gasteiger partial charge is 0.338 e. The van der Waals surface area contributed by atoms with E-state index in [1.807, 2.05) is 67.6 Å². The Morgan fingerprint density at radius 3 is 2.45 bits per heavy atom. The SMILES string of the molecule is Cc1cc(NC(=O)COC(=O)c2ccc3ccccc3c2)n(-c2ccccc2)n1. The summed E-state index contributed by atoms with van der Waals surface area (Å²) in [4.78, 5) is 24.6. The van der Waals surface area contributed by atoms with Crippen LogP contribution in [0, 0.1) is 6.92 Å². The number of nitrogens with zero attached hydrogens (tertiary/aromatic N) is 2. The summed E-state index contributed by atoms with van der Waals surface area (Å²) in [5.41, 5.74) is 1.99. The topological polar surface area (TPSA) is 73.2 Å². The van der Waals surface area contributed by atoms with E-state index in [1.165, 1.54) is 0 Å². The van der Waals surface area contributed by atoms with E-state index in [9.17, 15) is 9.59 Å². The van der Waals surface area contributed by atoms with Gasteiger partial charge in [0.05, 0.1) is 16.9 Å². The Balaban J connectivity index is 1.42. The number of carbonyl (C=O) groups is 2. The van der Waals surface area contributed by atoms with Gasteiger partial charge in [0, 0.05) is 6.07 Å². The van der Waals surface area contributed by atoms with Gasteiger partial charge >= 0.3 is 5.97 Å². The maximum absolute atomic E-state index is 12.3. The van der Waals surface area contributed by atoms with Gasteiger partial charge in [-0.05, 0) is 42.0 Å². The molecular formula is C23H19N3O3. The van der Waals surface area contributed by atoms with Crippen molar-refractivity contribution in [1.82, 2.24) is 9.78 Å². The van der Waals surface area contributed by atoms with E-state index in [0.29, 0.717) is 11.4 Å². The second-order valence-electron chi connectivity index (χ2n) is 6.60. The van der Waals surface area contributed by atoms with E-state index in [2.05, 4.69) is 10.4 Å². The average Bonchev–Trinajstić information content (AvgIpc) is 3.12. The molecule has 0 aliphatic carbocycles. The summed E-state index contributed by atoms with van der Waals surface area (Å²) in [5, 5.41) is 9.12. The first-order valence-corrected chi connectivity index (χ1v) is 9.18. The molecule has 4 aromatic rings. The zero-order valence-electron chi connectivity index (χ0n) is 15.8. The van der Waals surface area contributed by atoms with Gasteiger partial charge in [-0.3, -0.25) is 4.79 Å². The molecule has 1 amide bonds. The number of carbonyl (C=O) groups excluding carboxylic acids is 2. The number of fused-ring (bicyclic) bond motifs is 1. The van der Waals surface area contributed by atoms with Gasteiger partial charge < -0.3 is 10.1 Å². The standard InChI is InChI=1S/C23H19N3O3/c1-16-13-21(26(25-16)20-9-3-2-4-10-20)24-22(27)15-29-23(28)19-12-11-17-7-5-6-8-18(17)14-19/h2-14H,15H2,1H3,(H,24,27). The van der Waals surface area contributed by atoms with E-state index in [0.717, 1.165) is 22.2 Å². The molecule has 0 aliphatic heterocycles. The summed E-state index contributed by atoms with van der Waals surface area (Å²) in [6.07, 6.45) is 0. The van der Waals surface area contributed by atoms with E-state index in [-0.39, 0.29) is 6.61 Å². The minimum absolute atomic E-state index is 0.384. The molecule has 144 valence electrons. The van der Waals surface area contributed by atoms with Crippen molar-refractivity contribution in [1.29, 1.82) is 0 Å². The summed E-state index contributed by atoms with van der Waals surface area (Å²) in [6, 6.07) is 24.3. The predicted octanol–water partition coefficient (Wildman–Crippen LogP) is 4.13. The molecule has 0 aliphatic rings. The molecule has 3 aromatic carbocycles. The third-order valence-corrected chi connectivity index (χ3v) is 4.42. The second kappa shape index (κ2) is 7.98. The molecular weight excluding hydrogens is 366 g/mol. The number of amides is 1. The van der Waals surface area contributed by atoms with E-state index in [1.54, 1.807) is 22.9 Å². The molecule has 1 aromatic heterocycles. The highest BCUT2D eigenvalue weighted by Gasteiger charge is 2.14. The Kier molecular flexibility index (Phi) is 5.07. The second-order valence-corrected chi connectivity index (χ2v) is 6.60. The summed E-state index contributed by atoms with van der Waals surface area (Å²) < 4.78 is 6.82. The fraction of sp³-hybridized carbons (Fsp3) is 0.0870. The quantitative estimate of drug-likeness (QED) is 0.524. The molecule has 0 fully saturated rings. The van der Waals surface area contributed by atoms with Crippen molar-refractivity contribution in [2.75, 3.05) is 11.9 Å². The monoisotopic (exact) mass is 385 g/mol. The van der Waals surface area contributed by atoms with Crippen LogP contribution in [0.15, 0.2) is 78.9 Å². The van der Waals surface area contributed by atoms with Crippen LogP contribution < -0.4 is 5.32 Å². The fourth-order valence-corrected chi connectivity index (χ4v) is 3.06. The lowest BCUT2D eigenvalue weighted by Crippen LogP contribution is -2.22. The van der Waals surface area contributed by atoms with Crippen LogP contribution in [0.3, 0.4) is 0 Å². The number of anilines is 1. The number of rotatable bonds is 5. The predicted molar refractivity (Wildman–Crippen MR) is 111 cm³/mol. The maximum Gasteiger partial charge on any atom is 0.338 e. The number of ether oxygens (including phenoxy) is 1. The molecule has 6 nitrogen and oxygen atoms in total. The lowest BCUT2D eigenvalue weighted by Gasteiger charge is -2.09. The summed E-state index contributed by atoms with van der Waals surface area (Å²) in [5.74, 6) is -0.463. The van der Waals surface area contributed by atoms with Gasteiger partial charge in [0.1, 0.15) is 5.82 Å². The summed E-state index contributed by atoms with van der Waals surface area (Å²) >= 11 is 0. The zero-order chi connectivity index (χ0) is 20.2. The zero-order valence-corrected chi connectivity index (χ0v) is 15.8. The van der Waals surface area contributed by atoms with Gasteiger partial charge in [0.15, 0.2) is 6.61 Å². The third-order valence-electron chi connectivity index (χ3n) is 4.42. The van der Waals surface area contributed by atoms with Gasteiger partial charge in [0.25, 0.3) is 5.91 Å². The number of aryl methyl sites for hydroxylation is 1. The molecule has 0 bridgehead atoms. The number of hydrogen-bond acceptors (Lipinski definition) is 4. The van der Waals surface area contributed by atoms with Gasteiger partial charge in [0.2, 0.25) is 0 Å². The Bertz CT molecular complexity index is 1180. The molecule has 0 unspecified atom stereocenters. The van der Waals surface area contributed by atoms with E-state index < -0.39 is 11.9 Å². The van der Waals surface area contributed by atoms with Crippen LogP contribution in [0.5, 0.6) is 0 Å². The first-order valence-electron chi connectivity index (χ1n) is 9.18. The number of benzene rings is 3. The Morgan fingerprint density at radius 2 is 1.66 bits per heavy atom. The number of nitrogens with one attached hydrogen (secondary N) is 1. The molecule has 0 saturated heterocycles. The van der Waals surface area contributed by atoms with Crippen molar-refractivity contribution in [2.24, 2.45) is 0 Å². The largest absolute Gasteiger partial charge is 0.452 e. The van der Waals surface area contributed by atoms with Crippen molar-refractivity contribution < 1.29 is 14.3 Å². The summed E-state index contributed by atoms with van der Waals surface area (Å²) in [6.45, 7) is 1.46. The van der Waals surface area contributed by atoms with Gasteiger partial charge in [-0.15, -0.1) is 0 Å². The van der Waals surface area contributed by atoms with Crippen molar-refractivity contribution in [3.8, 4) is 5.69 Å². The van der Waals surface area contributed by atoms with Crippen LogP contribution in [0.2, 0.25) is 0 Å². The first kappa shape index (κ1) is 18.4. The van der Waals surface area contributed by atoms with Crippen LogP contribution in [0.25, 0.3) is 16.5 Å². The van der Waals surface area contributed by atoms with Crippen molar-refractivity contribution in [3.05, 3.63) is 90.1 Å². The lowest BCUT2D eigenvalue weighted by atomic mass is 10.1. The Morgan fingerprint density at radius 1 is 0.931 bits per heavy atom. The Labute approximate surface area is 167 Å². The highest BCUT2D eigenvalue weighted by molar-refractivity contribution is 5.97. The minimum Gasteiger partial charge on any atom is -0.452 e. The highest BCUT2D eigenvalue weighted by Crippen LogP contribution is 2.18. The molecule has 6 heteroatoms. The van der Waals surface area contributed by atoms with Gasteiger partial charge in [-0.2, -0.15) is 5.10 Å². The maximum atomic E-state index is 12.3. The van der Waals surface area contributed by atoms with Gasteiger partial charge in [-0.25, -0.2) is 9.48 Å². The number of aromatic nitrogens is 2. The van der Waals surface area contributed by atoms with Gasteiger partial charge in [-0.1, -0.05) is 48.5 Å². The van der Waals surface area contributed by atoms with Crippen LogP contribution in [-0.2, 0) is 9.53 Å². The normalized spacial score (nSPS) is 10.7. The Hall–Kier alpha value is -3.93. The molecule has 0 spiro atoms. The highest BCUT2D eigenvalue weighted by atomic mass is 16.5. The van der Waals surface area contributed by atoms with Crippen LogP contribution in [-0.4, -0.2) is 28.3 Å².